The number of benzene rings is 1. The Morgan fingerprint density at radius 2 is 1.64 bits per heavy atom. The van der Waals surface area contributed by atoms with Crippen molar-refractivity contribution in [3.05, 3.63) is 47.6 Å². The van der Waals surface area contributed by atoms with Crippen LogP contribution in [-0.2, 0) is 14.3 Å². The number of allylic oxidation sites excluding steroid dienone is 1. The molecule has 12 atom stereocenters. The van der Waals surface area contributed by atoms with Gasteiger partial charge in [-0.15, -0.1) is 0 Å². The SMILES string of the molecule is CC1CCC2(C(=O)O)CCC3(C)C(=CCC4C5(C)CC(O)C(O)C(C)(COC(=O)/C=C/c6ccc(O)cc6)C5CCC43C)C2C1(C)O. The maximum Gasteiger partial charge on any atom is 0.330 e. The van der Waals surface area contributed by atoms with Crippen LogP contribution in [0.15, 0.2) is 42.0 Å². The Kier molecular flexibility index (Phi) is 8.13. The largest absolute Gasteiger partial charge is 0.508 e. The molecule has 4 fully saturated rings. The molecule has 0 heterocycles. The van der Waals surface area contributed by atoms with E-state index in [0.29, 0.717) is 32.1 Å². The standard InChI is InChI=1S/C39H54O8/c1-23-15-18-39(33(44)45)20-19-36(4)26(31(39)38(23,6)46)12-13-29-34(2)21-27(41)32(43)35(3,28(34)16-17-37(29,36)5)22-47-30(42)14-9-24-7-10-25(40)11-8-24/h7-12,14,23,27-29,31-32,40-41,43,46H,13,15-22H2,1-6H3,(H,44,45)/b14-9+. The number of aliphatic hydroxyl groups is 3. The number of phenolic OH excluding ortho intramolecular Hbond substituents is 1. The molecule has 4 saturated carbocycles. The first kappa shape index (κ1) is 34.2. The molecule has 5 N–H and O–H groups in total. The van der Waals surface area contributed by atoms with Crippen molar-refractivity contribution in [3.8, 4) is 5.75 Å². The topological polar surface area (TPSA) is 145 Å². The minimum atomic E-state index is -1.14. The first-order valence-corrected chi connectivity index (χ1v) is 17.5. The molecule has 47 heavy (non-hydrogen) atoms. The predicted octanol–water partition coefficient (Wildman–Crippen LogP) is 6.12. The van der Waals surface area contributed by atoms with Crippen LogP contribution >= 0.6 is 0 Å². The fraction of sp³-hybridized carbons (Fsp3) is 0.692. The molecule has 8 heteroatoms. The number of carbonyl (C=O) groups excluding carboxylic acids is 1. The maximum absolute atomic E-state index is 13.0. The van der Waals surface area contributed by atoms with Crippen LogP contribution in [0.1, 0.15) is 98.5 Å². The van der Waals surface area contributed by atoms with E-state index in [0.717, 1.165) is 30.4 Å². The van der Waals surface area contributed by atoms with E-state index in [2.05, 4.69) is 26.8 Å². The van der Waals surface area contributed by atoms with Crippen molar-refractivity contribution in [2.24, 2.45) is 50.7 Å². The van der Waals surface area contributed by atoms with Gasteiger partial charge in [-0.1, -0.05) is 58.4 Å². The van der Waals surface area contributed by atoms with E-state index in [1.54, 1.807) is 30.3 Å². The Bertz CT molecular complexity index is 1480. The summed E-state index contributed by atoms with van der Waals surface area (Å²) in [4.78, 5) is 25.9. The molecule has 1 aromatic carbocycles. The van der Waals surface area contributed by atoms with Gasteiger partial charge in [0, 0.05) is 17.4 Å². The second kappa shape index (κ2) is 11.2. The lowest BCUT2D eigenvalue weighted by Gasteiger charge is -2.72. The number of rotatable bonds is 5. The van der Waals surface area contributed by atoms with Crippen LogP contribution in [0.25, 0.3) is 6.08 Å². The highest BCUT2D eigenvalue weighted by Gasteiger charge is 2.72. The Hall–Kier alpha value is -2.68. The lowest BCUT2D eigenvalue weighted by molar-refractivity contribution is -0.248. The summed E-state index contributed by atoms with van der Waals surface area (Å²) >= 11 is 0. The number of aromatic hydroxyl groups is 1. The maximum atomic E-state index is 13.0. The Morgan fingerprint density at radius 1 is 0.957 bits per heavy atom. The van der Waals surface area contributed by atoms with Crippen LogP contribution < -0.4 is 0 Å². The number of fused-ring (bicyclic) bond motifs is 7. The highest BCUT2D eigenvalue weighted by Crippen LogP contribution is 2.76. The molecule has 12 unspecified atom stereocenters. The van der Waals surface area contributed by atoms with E-state index in [9.17, 15) is 35.1 Å². The van der Waals surface area contributed by atoms with Gasteiger partial charge in [-0.2, -0.15) is 0 Å². The number of hydrogen-bond donors (Lipinski definition) is 5. The van der Waals surface area contributed by atoms with Crippen molar-refractivity contribution in [3.63, 3.8) is 0 Å². The van der Waals surface area contributed by atoms with Gasteiger partial charge in [-0.25, -0.2) is 4.79 Å². The molecule has 5 aliphatic carbocycles. The average Bonchev–Trinajstić information content (AvgIpc) is 3.00. The smallest absolute Gasteiger partial charge is 0.330 e. The molecule has 6 rings (SSSR count). The van der Waals surface area contributed by atoms with E-state index in [4.69, 9.17) is 4.74 Å². The summed E-state index contributed by atoms with van der Waals surface area (Å²) in [7, 11) is 0. The van der Waals surface area contributed by atoms with Crippen LogP contribution in [0.3, 0.4) is 0 Å². The van der Waals surface area contributed by atoms with Crippen molar-refractivity contribution in [1.82, 2.24) is 0 Å². The summed E-state index contributed by atoms with van der Waals surface area (Å²) in [6, 6.07) is 6.48. The van der Waals surface area contributed by atoms with Crippen molar-refractivity contribution in [2.75, 3.05) is 6.61 Å². The minimum Gasteiger partial charge on any atom is -0.508 e. The summed E-state index contributed by atoms with van der Waals surface area (Å²) in [5.74, 6) is -1.57. The quantitative estimate of drug-likeness (QED) is 0.146. The third-order valence-corrected chi connectivity index (χ3v) is 15.1. The third-order valence-electron chi connectivity index (χ3n) is 15.1. The van der Waals surface area contributed by atoms with Crippen LogP contribution in [0.4, 0.5) is 0 Å². The molecule has 0 saturated heterocycles. The number of phenols is 1. The zero-order chi connectivity index (χ0) is 34.4. The van der Waals surface area contributed by atoms with E-state index in [-0.39, 0.29) is 46.4 Å². The van der Waals surface area contributed by atoms with Gasteiger partial charge in [-0.3, -0.25) is 4.79 Å². The van der Waals surface area contributed by atoms with E-state index in [1.165, 1.54) is 6.08 Å². The number of carboxylic acids is 1. The van der Waals surface area contributed by atoms with Gasteiger partial charge in [0.2, 0.25) is 0 Å². The second-order valence-corrected chi connectivity index (χ2v) is 17.1. The predicted molar refractivity (Wildman–Crippen MR) is 178 cm³/mol. The van der Waals surface area contributed by atoms with Crippen molar-refractivity contribution >= 4 is 18.0 Å². The van der Waals surface area contributed by atoms with Gasteiger partial charge in [0.15, 0.2) is 0 Å². The Morgan fingerprint density at radius 3 is 2.30 bits per heavy atom. The summed E-state index contributed by atoms with van der Waals surface area (Å²) < 4.78 is 5.79. The van der Waals surface area contributed by atoms with Crippen LogP contribution in [0.5, 0.6) is 5.75 Å². The van der Waals surface area contributed by atoms with Gasteiger partial charge in [0.25, 0.3) is 0 Å². The van der Waals surface area contributed by atoms with Crippen molar-refractivity contribution < 1.29 is 39.9 Å². The van der Waals surface area contributed by atoms with Gasteiger partial charge in [-0.05, 0) is 116 Å². The molecular weight excluding hydrogens is 596 g/mol. The molecule has 258 valence electrons. The molecule has 5 aliphatic rings. The zero-order valence-corrected chi connectivity index (χ0v) is 28.8. The molecule has 0 aliphatic heterocycles. The van der Waals surface area contributed by atoms with E-state index in [1.807, 2.05) is 20.8 Å². The first-order chi connectivity index (χ1) is 21.9. The van der Waals surface area contributed by atoms with E-state index >= 15 is 0 Å². The highest BCUT2D eigenvalue weighted by atomic mass is 16.5. The summed E-state index contributed by atoms with van der Waals surface area (Å²) in [5, 5.41) is 55.2. The number of ether oxygens (including phenoxy) is 1. The minimum absolute atomic E-state index is 0.0173. The molecule has 0 aromatic heterocycles. The summed E-state index contributed by atoms with van der Waals surface area (Å²) in [6.45, 7) is 12.7. The summed E-state index contributed by atoms with van der Waals surface area (Å²) in [5.41, 5.74) is -2.10. The first-order valence-electron chi connectivity index (χ1n) is 17.5. The second-order valence-electron chi connectivity index (χ2n) is 17.1. The van der Waals surface area contributed by atoms with Crippen molar-refractivity contribution in [2.45, 2.75) is 111 Å². The molecule has 1 aromatic rings. The summed E-state index contributed by atoms with van der Waals surface area (Å²) in [6.07, 6.45) is 8.45. The highest BCUT2D eigenvalue weighted by molar-refractivity contribution is 5.87. The van der Waals surface area contributed by atoms with Crippen LogP contribution in [0, 0.1) is 50.7 Å². The fourth-order valence-electron chi connectivity index (χ4n) is 12.0. The Balaban J connectivity index is 1.32. The molecule has 0 spiro atoms. The molecule has 0 amide bonds. The van der Waals surface area contributed by atoms with Gasteiger partial charge in [0.05, 0.1) is 29.8 Å². The van der Waals surface area contributed by atoms with Crippen LogP contribution in [0.2, 0.25) is 0 Å². The molecule has 8 nitrogen and oxygen atoms in total. The lowest BCUT2D eigenvalue weighted by atomic mass is 9.33. The van der Waals surface area contributed by atoms with Gasteiger partial charge < -0.3 is 30.3 Å². The zero-order valence-electron chi connectivity index (χ0n) is 28.8. The van der Waals surface area contributed by atoms with Gasteiger partial charge in [0.1, 0.15) is 5.75 Å². The fourth-order valence-corrected chi connectivity index (χ4v) is 12.0. The monoisotopic (exact) mass is 650 g/mol. The molecular formula is C39H54O8. The van der Waals surface area contributed by atoms with E-state index < -0.39 is 46.5 Å². The number of aliphatic hydroxyl groups excluding tert-OH is 2. The third kappa shape index (κ3) is 4.79. The molecule has 0 radical (unpaired) electrons. The lowest BCUT2D eigenvalue weighted by Crippen LogP contribution is -2.69. The Labute approximate surface area is 278 Å². The van der Waals surface area contributed by atoms with Crippen LogP contribution in [-0.4, -0.2) is 61.9 Å². The van der Waals surface area contributed by atoms with Crippen molar-refractivity contribution in [1.29, 1.82) is 0 Å². The van der Waals surface area contributed by atoms with Gasteiger partial charge >= 0.3 is 11.9 Å². The molecule has 0 bridgehead atoms. The number of hydrogen-bond acceptors (Lipinski definition) is 7. The normalized spacial score (nSPS) is 47.6. The number of esters is 1. The number of aliphatic carboxylic acids is 1. The number of carboxylic acid groups (broad SMARTS) is 1. The average molecular weight is 651 g/mol. The number of carbonyl (C=O) groups is 2.